The zero-order chi connectivity index (χ0) is 74.3. The highest BCUT2D eigenvalue weighted by Gasteiger charge is 2.27. The van der Waals surface area contributed by atoms with Crippen LogP contribution < -0.4 is 33.7 Å². The van der Waals surface area contributed by atoms with E-state index in [1.807, 2.05) is 166 Å². The van der Waals surface area contributed by atoms with Gasteiger partial charge in [0.15, 0.2) is 23.3 Å². The molecule has 10 heterocycles. The van der Waals surface area contributed by atoms with E-state index in [4.69, 9.17) is 4.42 Å². The molecule has 0 aliphatic carbocycles. The van der Waals surface area contributed by atoms with Crippen LogP contribution in [0.1, 0.15) is 261 Å². The Balaban J connectivity index is 0.000000534. The molecule has 8 aromatic heterocycles. The second kappa shape index (κ2) is 34.7. The van der Waals surface area contributed by atoms with Crippen LogP contribution in [0.25, 0.3) is 0 Å². The number of amides is 2. The minimum absolute atomic E-state index is 0.00456. The van der Waals surface area contributed by atoms with Gasteiger partial charge < -0.3 is 9.73 Å². The summed E-state index contributed by atoms with van der Waals surface area (Å²) in [4.78, 5) is 82.9. The highest BCUT2D eigenvalue weighted by Crippen LogP contribution is 2.23. The molecule has 2 aliphatic rings. The highest BCUT2D eigenvalue weighted by molar-refractivity contribution is 6.07. The van der Waals surface area contributed by atoms with Crippen molar-refractivity contribution in [3.05, 3.63) is 101 Å². The number of hydrogen-bond acceptors (Lipinski definition) is 25. The molecule has 0 spiro atoms. The number of amidine groups is 1. The zero-order valence-electron chi connectivity index (χ0n) is 61.9. The van der Waals surface area contributed by atoms with Crippen molar-refractivity contribution >= 4 is 23.4 Å². The number of aromatic nitrogens is 23. The average Bonchev–Trinajstić information content (AvgIpc) is 1.92. The van der Waals surface area contributed by atoms with Crippen LogP contribution in [0.2, 0.25) is 0 Å². The number of rotatable bonds is 0. The summed E-state index contributed by atoms with van der Waals surface area (Å²) in [5, 5.41) is 65.9. The summed E-state index contributed by atoms with van der Waals surface area (Å²) < 4.78 is 13.4. The van der Waals surface area contributed by atoms with Crippen molar-refractivity contribution in [2.24, 2.45) is 20.9 Å². The van der Waals surface area contributed by atoms with Gasteiger partial charge in [0, 0.05) is 54.1 Å². The molecule has 536 valence electrons. The lowest BCUT2D eigenvalue weighted by Gasteiger charge is -2.17. The van der Waals surface area contributed by atoms with Gasteiger partial charge in [-0.15, -0.1) is 25.5 Å². The molecular weight excluding hydrogens is 1240 g/mol. The molecule has 0 saturated carbocycles. The van der Waals surface area contributed by atoms with Crippen molar-refractivity contribution in [3.63, 3.8) is 0 Å². The number of hydrazone groups is 1. The summed E-state index contributed by atoms with van der Waals surface area (Å²) in [5.41, 5.74) is 2.76. The Labute approximate surface area is 558 Å². The smallest absolute Gasteiger partial charge is 0.392 e. The first-order valence-electron chi connectivity index (χ1n) is 30.7. The van der Waals surface area contributed by atoms with Crippen molar-refractivity contribution in [1.29, 1.82) is 0 Å². The van der Waals surface area contributed by atoms with E-state index in [1.54, 1.807) is 0 Å². The second-order valence-corrected chi connectivity index (χ2v) is 32.0. The topological polar surface area (TPSA) is 513 Å². The minimum Gasteiger partial charge on any atom is -0.392 e. The first-order valence-corrected chi connectivity index (χ1v) is 30.7. The normalized spacial score (nSPS) is 13.3. The van der Waals surface area contributed by atoms with Crippen molar-refractivity contribution < 1.29 is 23.1 Å². The van der Waals surface area contributed by atoms with Gasteiger partial charge in [-0.05, 0) is 0 Å². The molecule has 0 atom stereocenters. The van der Waals surface area contributed by atoms with Gasteiger partial charge >= 0.3 is 23.0 Å². The summed E-state index contributed by atoms with van der Waals surface area (Å²) in [6.45, 7) is 60.7. The van der Waals surface area contributed by atoms with Crippen molar-refractivity contribution in [3.8, 4) is 0 Å². The molecule has 36 nitrogen and oxygen atoms in total. The molecule has 96 heavy (non-hydrogen) atoms. The predicted molar refractivity (Wildman–Crippen MR) is 361 cm³/mol. The molecule has 2 aliphatic heterocycles. The van der Waals surface area contributed by atoms with E-state index in [1.165, 1.54) is 12.7 Å². The molecule has 0 radical (unpaired) electrons. The summed E-state index contributed by atoms with van der Waals surface area (Å²) in [7, 11) is 0. The van der Waals surface area contributed by atoms with Crippen LogP contribution in [-0.2, 0) is 52.9 Å². The molecule has 0 bridgehead atoms. The molecule has 2 amide bonds. The van der Waals surface area contributed by atoms with E-state index in [-0.39, 0.29) is 71.7 Å². The van der Waals surface area contributed by atoms with E-state index < -0.39 is 17.3 Å². The number of aliphatic imine (C=N–C) groups is 1. The monoisotopic (exact) mass is 1350 g/mol. The number of hydrogen-bond donors (Lipinski definition) is 11. The summed E-state index contributed by atoms with van der Waals surface area (Å²) in [6, 6.07) is 0. The van der Waals surface area contributed by atoms with Crippen LogP contribution in [0.4, 0.5) is 0 Å². The minimum atomic E-state index is -0.495. The van der Waals surface area contributed by atoms with Gasteiger partial charge in [-0.3, -0.25) is 48.8 Å². The molecule has 0 aromatic carbocycles. The predicted octanol–water partition coefficient (Wildman–Crippen LogP) is 7.04. The van der Waals surface area contributed by atoms with Gasteiger partial charge in [-0.25, -0.2) is 44.8 Å². The molecule has 0 fully saturated rings. The fourth-order valence-corrected chi connectivity index (χ4v) is 5.96. The first-order chi connectivity index (χ1) is 43.4. The van der Waals surface area contributed by atoms with E-state index in [2.05, 4.69) is 189 Å². The van der Waals surface area contributed by atoms with Gasteiger partial charge in [0.25, 0.3) is 0 Å². The number of nitrogens with zero attached hydrogens (tertiary/aromatic N) is 16. The Hall–Kier alpha value is -9.54. The largest absolute Gasteiger partial charge is 0.438 e. The zero-order valence-corrected chi connectivity index (χ0v) is 61.9. The fourth-order valence-electron chi connectivity index (χ4n) is 5.96. The van der Waals surface area contributed by atoms with Gasteiger partial charge in [0.2, 0.25) is 17.7 Å². The van der Waals surface area contributed by atoms with E-state index in [9.17, 15) is 28.8 Å². The van der Waals surface area contributed by atoms with Crippen LogP contribution in [0.15, 0.2) is 55.4 Å². The summed E-state index contributed by atoms with van der Waals surface area (Å²) in [6.07, 6.45) is 3.52. The number of H-pyrrole nitrogens is 9. The SMILES string of the molecule is CC(C)(C)C1=NCC(=O)N1.CC(C)(C)C1=NNC(=O)C1.CC(C)(C)c1n[nH]c(=O)[nH]1.CC(C)(C)c1n[nH]c(=O)o1.CC(C)(C)c1ncn[nH]1.CC(C)(C)c1ncn[nH]1.CC(C)(C)c1nn[nH]n1.CC(C)(C)c1nn[nH]n1.CC(C)(C)c1noc(=O)[nH]1.CC(C)(C)c1noc(=O)[nH]1. The summed E-state index contributed by atoms with van der Waals surface area (Å²) >= 11 is 0. The lowest BCUT2D eigenvalue weighted by Crippen LogP contribution is -2.34. The molecule has 8 aromatic rings. The Morgan fingerprint density at radius 3 is 0.958 bits per heavy atom. The number of tetrazole rings is 2. The highest BCUT2D eigenvalue weighted by atomic mass is 16.5. The number of aromatic amines is 9. The Morgan fingerprint density at radius 2 is 0.812 bits per heavy atom. The standard InChI is InChI=1S/2C7H12N2O.C6H11N3O.2C6H11N3.3C6H10N2O2.2C5H10N4/c1-7(2,3)6-8-4-5(10)9-6;1-7(2,3)5-4-6(10)9-8-5;1-6(2,3)4-7-5(10)9-8-4;2*1-6(2,3)5-7-4-8-9-5;1-6(2,3)4-7-8-5(9)10-4;2*1-6(2,3)4-7-5(9)10-8-4;2*1-5(2,3)4-6-8-9-7-4/h4H2,1-3H3,(H,8,9,10);4H2,1-3H3,(H,9,10);1-3H3,(H2,7,8,9,10);2*4H,1-3H3,(H,7,8,9);1-3H3,(H,8,9);2*1-3H3,(H,7,8,9);2*1-3H3,(H,6,7,8,9). The molecule has 0 unspecified atom stereocenters. The Morgan fingerprint density at radius 1 is 0.396 bits per heavy atom. The molecule has 11 N–H and O–H groups in total. The third kappa shape index (κ3) is 33.5. The maximum absolute atomic E-state index is 10.7. The average molecular weight is 1350 g/mol. The second-order valence-electron chi connectivity index (χ2n) is 32.0. The van der Waals surface area contributed by atoms with Gasteiger partial charge in [0.1, 0.15) is 42.5 Å². The third-order valence-corrected chi connectivity index (χ3v) is 11.7. The van der Waals surface area contributed by atoms with Gasteiger partial charge in [-0.1, -0.05) is 228 Å². The molecule has 0 saturated heterocycles. The quantitative estimate of drug-likeness (QED) is 0.0724. The van der Waals surface area contributed by atoms with Crippen LogP contribution >= 0.6 is 0 Å². The van der Waals surface area contributed by atoms with E-state index in [0.29, 0.717) is 36.3 Å². The lowest BCUT2D eigenvalue weighted by molar-refractivity contribution is -0.119. The molecular formula is C60H107N27O9. The number of carbonyl (C=O) groups excluding carboxylic acids is 2. The van der Waals surface area contributed by atoms with Crippen LogP contribution in [0, 0.1) is 10.8 Å². The Kier molecular flexibility index (Phi) is 30.6. The number of nitrogens with one attached hydrogen (secondary N) is 11. The molecule has 10 rings (SSSR count). The van der Waals surface area contributed by atoms with E-state index in [0.717, 1.165) is 34.8 Å². The van der Waals surface area contributed by atoms with Crippen LogP contribution in [0.3, 0.4) is 0 Å². The number of carbonyl (C=O) groups is 2. The first kappa shape index (κ1) is 84.5. The maximum atomic E-state index is 10.7. The van der Waals surface area contributed by atoms with Crippen molar-refractivity contribution in [2.75, 3.05) is 6.54 Å². The Bertz CT molecular complexity index is 3330. The van der Waals surface area contributed by atoms with Crippen LogP contribution in [0.5, 0.6) is 0 Å². The van der Waals surface area contributed by atoms with Gasteiger partial charge in [-0.2, -0.15) is 30.8 Å². The fraction of sp³-hybridized carbons (Fsp3) is 0.700. The van der Waals surface area contributed by atoms with Crippen LogP contribution in [-0.4, -0.2) is 147 Å². The van der Waals surface area contributed by atoms with E-state index >= 15 is 0 Å². The third-order valence-electron chi connectivity index (χ3n) is 11.7. The maximum Gasteiger partial charge on any atom is 0.438 e. The van der Waals surface area contributed by atoms with Crippen molar-refractivity contribution in [1.82, 2.24) is 128 Å². The lowest BCUT2D eigenvalue weighted by atomic mass is 9.88. The van der Waals surface area contributed by atoms with Crippen molar-refractivity contribution in [2.45, 2.75) is 257 Å². The van der Waals surface area contributed by atoms with Gasteiger partial charge in [0.05, 0.1) is 12.1 Å². The summed E-state index contributed by atoms with van der Waals surface area (Å²) in [5.74, 6) is 4.99. The molecule has 36 heteroatoms.